The number of benzene rings is 1. The number of oxime groups is 1. The summed E-state index contributed by atoms with van der Waals surface area (Å²) in [4.78, 5) is 17.7. The highest BCUT2D eigenvalue weighted by atomic mass is 16.6. The van der Waals surface area contributed by atoms with E-state index in [9.17, 15) is 4.79 Å². The Bertz CT molecular complexity index is 598. The average Bonchev–Trinajstić information content (AvgIpc) is 3.02. The van der Waals surface area contributed by atoms with Crippen molar-refractivity contribution in [1.29, 1.82) is 0 Å². The molecule has 2 atom stereocenters. The van der Waals surface area contributed by atoms with Crippen molar-refractivity contribution in [3.8, 4) is 0 Å². The molecule has 2 aliphatic rings. The van der Waals surface area contributed by atoms with Gasteiger partial charge in [0.2, 0.25) is 6.10 Å². The first-order valence-electron chi connectivity index (χ1n) is 8.72. The Kier molecular flexibility index (Phi) is 5.19. The quantitative estimate of drug-likeness (QED) is 0.903. The molecule has 5 nitrogen and oxygen atoms in total. The Morgan fingerprint density at radius 3 is 2.83 bits per heavy atom. The van der Waals surface area contributed by atoms with Crippen molar-refractivity contribution in [3.63, 3.8) is 0 Å². The van der Waals surface area contributed by atoms with Crippen LogP contribution in [0.5, 0.6) is 0 Å². The molecular weight excluding hydrogens is 304 g/mol. The molecule has 0 radical (unpaired) electrons. The van der Waals surface area contributed by atoms with Gasteiger partial charge in [-0.25, -0.2) is 0 Å². The Balaban J connectivity index is 1.43. The third-order valence-electron chi connectivity index (χ3n) is 4.61. The van der Waals surface area contributed by atoms with Crippen LogP contribution in [0.15, 0.2) is 35.5 Å². The topological polar surface area (TPSA) is 59.9 Å². The first kappa shape index (κ1) is 17.0. The Labute approximate surface area is 143 Å². The summed E-state index contributed by atoms with van der Waals surface area (Å²) in [6.07, 6.45) is 3.54. The van der Waals surface area contributed by atoms with Crippen molar-refractivity contribution < 1.29 is 14.4 Å². The highest BCUT2D eigenvalue weighted by Crippen LogP contribution is 2.24. The van der Waals surface area contributed by atoms with Crippen LogP contribution in [0.3, 0.4) is 0 Å². The van der Waals surface area contributed by atoms with Crippen LogP contribution in [0.1, 0.15) is 45.1 Å². The van der Waals surface area contributed by atoms with E-state index in [1.54, 1.807) is 0 Å². The van der Waals surface area contributed by atoms with Crippen molar-refractivity contribution in [1.82, 2.24) is 5.32 Å². The third kappa shape index (κ3) is 4.57. The molecule has 0 bridgehead atoms. The third-order valence-corrected chi connectivity index (χ3v) is 4.61. The lowest BCUT2D eigenvalue weighted by Crippen LogP contribution is -2.48. The molecule has 2 unspecified atom stereocenters. The monoisotopic (exact) mass is 330 g/mol. The maximum absolute atomic E-state index is 12.4. The van der Waals surface area contributed by atoms with E-state index in [-0.39, 0.29) is 17.6 Å². The number of nitrogens with one attached hydrogen (secondary N) is 1. The highest BCUT2D eigenvalue weighted by molar-refractivity contribution is 5.93. The summed E-state index contributed by atoms with van der Waals surface area (Å²) in [5.74, 6) is -0.0591. The SMILES string of the molecule is CC1(C)CC(NC(=O)C2CC(CCc3ccccc3)=NO2)CCO1. The molecule has 1 aromatic carbocycles. The lowest BCUT2D eigenvalue weighted by atomic mass is 9.93. The van der Waals surface area contributed by atoms with Gasteiger partial charge in [-0.15, -0.1) is 0 Å². The van der Waals surface area contributed by atoms with Crippen molar-refractivity contribution in [2.45, 2.75) is 63.7 Å². The summed E-state index contributed by atoms with van der Waals surface area (Å²) in [6, 6.07) is 10.4. The predicted molar refractivity (Wildman–Crippen MR) is 92.9 cm³/mol. The number of ether oxygens (including phenoxy) is 1. The van der Waals surface area contributed by atoms with E-state index in [2.05, 4.69) is 36.5 Å². The van der Waals surface area contributed by atoms with Gasteiger partial charge in [0.1, 0.15) is 0 Å². The summed E-state index contributed by atoms with van der Waals surface area (Å²) < 4.78 is 5.69. The van der Waals surface area contributed by atoms with Crippen LogP contribution in [0.25, 0.3) is 0 Å². The van der Waals surface area contributed by atoms with Gasteiger partial charge in [-0.3, -0.25) is 4.79 Å². The lowest BCUT2D eigenvalue weighted by molar-refractivity contribution is -0.134. The molecule has 130 valence electrons. The van der Waals surface area contributed by atoms with Crippen molar-refractivity contribution in [2.75, 3.05) is 6.61 Å². The minimum atomic E-state index is -0.485. The zero-order chi connectivity index (χ0) is 17.0. The molecule has 1 fully saturated rings. The second kappa shape index (κ2) is 7.34. The van der Waals surface area contributed by atoms with Crippen LogP contribution < -0.4 is 5.32 Å². The molecule has 0 spiro atoms. The van der Waals surface area contributed by atoms with E-state index in [1.165, 1.54) is 5.56 Å². The lowest BCUT2D eigenvalue weighted by Gasteiger charge is -2.36. The van der Waals surface area contributed by atoms with Gasteiger partial charge in [-0.2, -0.15) is 0 Å². The standard InChI is InChI=1S/C19H26N2O3/c1-19(2)13-16(10-11-23-19)20-18(22)17-12-15(21-24-17)9-8-14-6-4-3-5-7-14/h3-7,16-17H,8-13H2,1-2H3,(H,20,22). The number of aryl methyl sites for hydroxylation is 1. The smallest absolute Gasteiger partial charge is 0.264 e. The molecule has 1 aromatic rings. The molecule has 0 aliphatic carbocycles. The molecule has 0 saturated carbocycles. The fourth-order valence-electron chi connectivity index (χ4n) is 3.30. The summed E-state index contributed by atoms with van der Waals surface area (Å²) in [6.45, 7) is 4.80. The molecule has 2 heterocycles. The van der Waals surface area contributed by atoms with Gasteiger partial charge in [-0.05, 0) is 45.1 Å². The molecule has 24 heavy (non-hydrogen) atoms. The highest BCUT2D eigenvalue weighted by Gasteiger charge is 2.33. The number of carbonyl (C=O) groups is 1. The number of hydrogen-bond acceptors (Lipinski definition) is 4. The second-order valence-corrected chi connectivity index (χ2v) is 7.25. The van der Waals surface area contributed by atoms with Crippen molar-refractivity contribution >= 4 is 11.6 Å². The van der Waals surface area contributed by atoms with Gasteiger partial charge in [-0.1, -0.05) is 35.5 Å². The molecular formula is C19H26N2O3. The van der Waals surface area contributed by atoms with Crippen molar-refractivity contribution in [2.24, 2.45) is 5.16 Å². The minimum absolute atomic E-state index is 0.0591. The molecule has 1 saturated heterocycles. The summed E-state index contributed by atoms with van der Waals surface area (Å²) in [5, 5.41) is 7.20. The van der Waals surface area contributed by atoms with E-state index >= 15 is 0 Å². The van der Waals surface area contributed by atoms with Crippen LogP contribution in [0, 0.1) is 0 Å². The summed E-state index contributed by atoms with van der Waals surface area (Å²) in [7, 11) is 0. The normalized spacial score (nSPS) is 25.7. The molecule has 2 aliphatic heterocycles. The van der Waals surface area contributed by atoms with Gasteiger partial charge in [0.25, 0.3) is 5.91 Å². The number of amides is 1. The summed E-state index contributed by atoms with van der Waals surface area (Å²) >= 11 is 0. The summed E-state index contributed by atoms with van der Waals surface area (Å²) in [5.41, 5.74) is 2.06. The first-order chi connectivity index (χ1) is 11.5. The molecule has 1 amide bonds. The van der Waals surface area contributed by atoms with E-state index in [1.807, 2.05) is 18.2 Å². The van der Waals surface area contributed by atoms with Crippen LogP contribution in [-0.4, -0.2) is 36.0 Å². The van der Waals surface area contributed by atoms with E-state index in [0.717, 1.165) is 31.4 Å². The molecule has 1 N–H and O–H groups in total. The maximum Gasteiger partial charge on any atom is 0.264 e. The van der Waals surface area contributed by atoms with Crippen LogP contribution in [0.2, 0.25) is 0 Å². The number of rotatable bonds is 5. The average molecular weight is 330 g/mol. The molecule has 5 heteroatoms. The van der Waals surface area contributed by atoms with Gasteiger partial charge in [0.15, 0.2) is 0 Å². The van der Waals surface area contributed by atoms with Gasteiger partial charge >= 0.3 is 0 Å². The van der Waals surface area contributed by atoms with Crippen molar-refractivity contribution in [3.05, 3.63) is 35.9 Å². The predicted octanol–water partition coefficient (Wildman–Crippen LogP) is 2.84. The fraction of sp³-hybridized carbons (Fsp3) is 0.579. The largest absolute Gasteiger partial charge is 0.382 e. The minimum Gasteiger partial charge on any atom is -0.382 e. The fourth-order valence-corrected chi connectivity index (χ4v) is 3.30. The van der Waals surface area contributed by atoms with Crippen LogP contribution >= 0.6 is 0 Å². The van der Waals surface area contributed by atoms with E-state index in [0.29, 0.717) is 13.0 Å². The maximum atomic E-state index is 12.4. The van der Waals surface area contributed by atoms with E-state index < -0.39 is 6.10 Å². The van der Waals surface area contributed by atoms with Crippen LogP contribution in [0.4, 0.5) is 0 Å². The number of nitrogens with zero attached hydrogens (tertiary/aromatic N) is 1. The Morgan fingerprint density at radius 2 is 2.08 bits per heavy atom. The van der Waals surface area contributed by atoms with Gasteiger partial charge < -0.3 is 14.9 Å². The van der Waals surface area contributed by atoms with Gasteiger partial charge in [0, 0.05) is 19.1 Å². The second-order valence-electron chi connectivity index (χ2n) is 7.25. The van der Waals surface area contributed by atoms with Gasteiger partial charge in [0.05, 0.1) is 11.3 Å². The number of carbonyl (C=O) groups excluding carboxylic acids is 1. The molecule has 0 aromatic heterocycles. The zero-order valence-corrected chi connectivity index (χ0v) is 14.5. The Morgan fingerprint density at radius 1 is 1.29 bits per heavy atom. The van der Waals surface area contributed by atoms with Crippen LogP contribution in [-0.2, 0) is 20.8 Å². The number of hydrogen-bond donors (Lipinski definition) is 1. The van der Waals surface area contributed by atoms with E-state index in [4.69, 9.17) is 9.57 Å². The molecule has 3 rings (SSSR count). The Hall–Kier alpha value is -1.88. The first-order valence-corrected chi connectivity index (χ1v) is 8.72. The zero-order valence-electron chi connectivity index (χ0n) is 14.5.